The van der Waals surface area contributed by atoms with E-state index in [4.69, 9.17) is 22.2 Å². The van der Waals surface area contributed by atoms with Gasteiger partial charge in [0, 0.05) is 11.2 Å². The lowest BCUT2D eigenvalue weighted by molar-refractivity contribution is 0.0516. The van der Waals surface area contributed by atoms with Crippen LogP contribution in [0.15, 0.2) is 47.8 Å². The number of aromatic nitrogens is 1. The number of pyridine rings is 1. The number of halogens is 1. The molecule has 2 aromatic rings. The molecule has 0 unspecified atom stereocenters. The van der Waals surface area contributed by atoms with Gasteiger partial charge in [0.2, 0.25) is 0 Å². The first-order chi connectivity index (χ1) is 9.58. The molecule has 0 amide bonds. The standard InChI is InChI=1S/C14H12ClN3O2/c1-9-8-10(5-6-11(9)15)14(19)20-18-13(16)12-4-2-3-7-17-12/h2-8H,1H3,(H2,16,18). The summed E-state index contributed by atoms with van der Waals surface area (Å²) in [5, 5.41) is 4.15. The largest absolute Gasteiger partial charge is 0.379 e. The molecular formula is C14H12ClN3O2. The topological polar surface area (TPSA) is 77.6 Å². The van der Waals surface area contributed by atoms with Gasteiger partial charge in [-0.05, 0) is 42.8 Å². The molecule has 1 heterocycles. The fourth-order valence-electron chi connectivity index (χ4n) is 1.48. The van der Waals surface area contributed by atoms with Gasteiger partial charge in [-0.2, -0.15) is 0 Å². The number of hydrogen-bond acceptors (Lipinski definition) is 4. The zero-order valence-corrected chi connectivity index (χ0v) is 11.5. The Bertz CT molecular complexity index is 657. The third-order valence-corrected chi connectivity index (χ3v) is 2.97. The van der Waals surface area contributed by atoms with Crippen LogP contribution < -0.4 is 5.73 Å². The SMILES string of the molecule is Cc1cc(C(=O)O/N=C(\N)c2ccccn2)ccc1Cl. The highest BCUT2D eigenvalue weighted by atomic mass is 35.5. The van der Waals surface area contributed by atoms with Gasteiger partial charge in [0.05, 0.1) is 5.56 Å². The molecule has 5 nitrogen and oxygen atoms in total. The summed E-state index contributed by atoms with van der Waals surface area (Å²) in [5.74, 6) is -0.576. The highest BCUT2D eigenvalue weighted by Gasteiger charge is 2.09. The van der Waals surface area contributed by atoms with Crippen molar-refractivity contribution in [2.75, 3.05) is 0 Å². The second-order valence-corrected chi connectivity index (χ2v) is 4.44. The number of carbonyl (C=O) groups excluding carboxylic acids is 1. The average molecular weight is 290 g/mol. The first kappa shape index (κ1) is 14.0. The molecule has 0 aliphatic heterocycles. The fourth-order valence-corrected chi connectivity index (χ4v) is 1.59. The number of aryl methyl sites for hydroxylation is 1. The summed E-state index contributed by atoms with van der Waals surface area (Å²) in [6, 6.07) is 9.98. The summed E-state index contributed by atoms with van der Waals surface area (Å²) < 4.78 is 0. The summed E-state index contributed by atoms with van der Waals surface area (Å²) in [6.07, 6.45) is 1.57. The zero-order chi connectivity index (χ0) is 14.5. The Kier molecular flexibility index (Phi) is 4.32. The van der Waals surface area contributed by atoms with E-state index in [-0.39, 0.29) is 5.84 Å². The van der Waals surface area contributed by atoms with E-state index in [2.05, 4.69) is 10.1 Å². The smallest absolute Gasteiger partial charge is 0.365 e. The van der Waals surface area contributed by atoms with Crippen LogP contribution in [0.3, 0.4) is 0 Å². The molecule has 0 saturated heterocycles. The van der Waals surface area contributed by atoms with Crippen LogP contribution in [0.25, 0.3) is 0 Å². The van der Waals surface area contributed by atoms with Gasteiger partial charge >= 0.3 is 5.97 Å². The van der Waals surface area contributed by atoms with Gasteiger partial charge in [0.1, 0.15) is 5.69 Å². The normalized spacial score (nSPS) is 11.2. The number of rotatable bonds is 3. The minimum absolute atomic E-state index is 0.0321. The zero-order valence-electron chi connectivity index (χ0n) is 10.7. The molecule has 0 fully saturated rings. The van der Waals surface area contributed by atoms with Gasteiger partial charge < -0.3 is 10.6 Å². The van der Waals surface area contributed by atoms with E-state index < -0.39 is 5.97 Å². The fraction of sp³-hybridized carbons (Fsp3) is 0.0714. The Morgan fingerprint density at radius 2 is 2.15 bits per heavy atom. The maximum absolute atomic E-state index is 11.8. The van der Waals surface area contributed by atoms with E-state index in [9.17, 15) is 4.79 Å². The van der Waals surface area contributed by atoms with Crippen LogP contribution in [0.1, 0.15) is 21.6 Å². The molecule has 0 radical (unpaired) electrons. The van der Waals surface area contributed by atoms with Crippen molar-refractivity contribution < 1.29 is 9.63 Å². The quantitative estimate of drug-likeness (QED) is 0.408. The van der Waals surface area contributed by atoms with Crippen LogP contribution in [-0.2, 0) is 4.84 Å². The molecule has 0 aliphatic rings. The molecule has 0 bridgehead atoms. The summed E-state index contributed by atoms with van der Waals surface area (Å²) >= 11 is 5.88. The molecular weight excluding hydrogens is 278 g/mol. The first-order valence-electron chi connectivity index (χ1n) is 5.80. The third-order valence-electron chi connectivity index (χ3n) is 2.55. The van der Waals surface area contributed by atoms with Crippen molar-refractivity contribution >= 4 is 23.4 Å². The molecule has 1 aromatic heterocycles. The van der Waals surface area contributed by atoms with Crippen molar-refractivity contribution in [2.24, 2.45) is 10.9 Å². The van der Waals surface area contributed by atoms with Crippen molar-refractivity contribution in [3.63, 3.8) is 0 Å². The van der Waals surface area contributed by atoms with Crippen LogP contribution in [0.5, 0.6) is 0 Å². The van der Waals surface area contributed by atoms with Gasteiger partial charge in [-0.3, -0.25) is 4.98 Å². The van der Waals surface area contributed by atoms with E-state index in [0.717, 1.165) is 5.56 Å². The molecule has 2 N–H and O–H groups in total. The van der Waals surface area contributed by atoms with Gasteiger partial charge in [-0.15, -0.1) is 0 Å². The highest BCUT2D eigenvalue weighted by Crippen LogP contribution is 2.16. The third kappa shape index (κ3) is 3.33. The summed E-state index contributed by atoms with van der Waals surface area (Å²) in [4.78, 5) is 20.6. The van der Waals surface area contributed by atoms with E-state index in [1.54, 1.807) is 49.5 Å². The predicted octanol–water partition coefficient (Wildman–Crippen LogP) is 2.52. The number of hydrogen-bond donors (Lipinski definition) is 1. The first-order valence-corrected chi connectivity index (χ1v) is 6.18. The van der Waals surface area contributed by atoms with E-state index in [1.807, 2.05) is 0 Å². The minimum Gasteiger partial charge on any atom is -0.379 e. The summed E-state index contributed by atoms with van der Waals surface area (Å²) in [6.45, 7) is 1.80. The molecule has 0 saturated carbocycles. The van der Waals surface area contributed by atoms with Gasteiger partial charge in [-0.1, -0.05) is 22.8 Å². The monoisotopic (exact) mass is 289 g/mol. The van der Waals surface area contributed by atoms with Crippen molar-refractivity contribution in [2.45, 2.75) is 6.92 Å². The summed E-state index contributed by atoms with van der Waals surface area (Å²) in [7, 11) is 0. The second kappa shape index (κ2) is 6.16. The van der Waals surface area contributed by atoms with Crippen molar-refractivity contribution in [1.82, 2.24) is 4.98 Å². The lowest BCUT2D eigenvalue weighted by Crippen LogP contribution is -2.16. The van der Waals surface area contributed by atoms with Crippen LogP contribution in [0.2, 0.25) is 5.02 Å². The number of nitrogens with zero attached hydrogens (tertiary/aromatic N) is 2. The van der Waals surface area contributed by atoms with Crippen molar-refractivity contribution in [3.05, 3.63) is 64.4 Å². The Labute approximate surface area is 121 Å². The molecule has 0 aliphatic carbocycles. The average Bonchev–Trinajstić information content (AvgIpc) is 2.48. The number of carbonyl (C=O) groups is 1. The molecule has 20 heavy (non-hydrogen) atoms. The number of amidine groups is 1. The van der Waals surface area contributed by atoms with Crippen LogP contribution in [0.4, 0.5) is 0 Å². The van der Waals surface area contributed by atoms with Crippen LogP contribution in [-0.4, -0.2) is 16.8 Å². The van der Waals surface area contributed by atoms with E-state index in [1.165, 1.54) is 0 Å². The Morgan fingerprint density at radius 1 is 1.35 bits per heavy atom. The Hall–Kier alpha value is -2.40. The number of oxime groups is 1. The molecule has 6 heteroatoms. The molecule has 2 rings (SSSR count). The Morgan fingerprint density at radius 3 is 2.80 bits per heavy atom. The van der Waals surface area contributed by atoms with Gasteiger partial charge in [-0.25, -0.2) is 4.79 Å². The highest BCUT2D eigenvalue weighted by molar-refractivity contribution is 6.31. The summed E-state index contributed by atoms with van der Waals surface area (Å²) in [5.41, 5.74) is 7.23. The van der Waals surface area contributed by atoms with Crippen LogP contribution in [0, 0.1) is 6.92 Å². The lowest BCUT2D eigenvalue weighted by Gasteiger charge is -2.02. The second-order valence-electron chi connectivity index (χ2n) is 4.03. The van der Waals surface area contributed by atoms with Crippen molar-refractivity contribution in [3.8, 4) is 0 Å². The maximum atomic E-state index is 11.8. The van der Waals surface area contributed by atoms with E-state index in [0.29, 0.717) is 16.3 Å². The number of nitrogens with two attached hydrogens (primary N) is 1. The van der Waals surface area contributed by atoms with Gasteiger partial charge in [0.25, 0.3) is 0 Å². The lowest BCUT2D eigenvalue weighted by atomic mass is 10.1. The molecule has 0 atom stereocenters. The molecule has 102 valence electrons. The van der Waals surface area contributed by atoms with Gasteiger partial charge in [0.15, 0.2) is 5.84 Å². The predicted molar refractivity (Wildman–Crippen MR) is 76.6 cm³/mol. The van der Waals surface area contributed by atoms with E-state index >= 15 is 0 Å². The number of benzene rings is 1. The molecule has 0 spiro atoms. The minimum atomic E-state index is -0.608. The van der Waals surface area contributed by atoms with Crippen molar-refractivity contribution in [1.29, 1.82) is 0 Å². The van der Waals surface area contributed by atoms with Crippen LogP contribution >= 0.6 is 11.6 Å². The maximum Gasteiger partial charge on any atom is 0.365 e. The Balaban J connectivity index is 2.10. The molecule has 1 aromatic carbocycles.